The second-order valence-corrected chi connectivity index (χ2v) is 6.34. The van der Waals surface area contributed by atoms with Crippen LogP contribution in [0.25, 0.3) is 0 Å². The Bertz CT molecular complexity index is 554. The SMILES string of the molecule is CCC(F)(F)CC.CCCC(=O)c1cc2c(cn1)COC2(C)CC. The number of hydrogen-bond donors (Lipinski definition) is 0. The highest BCUT2D eigenvalue weighted by molar-refractivity contribution is 5.94. The van der Waals surface area contributed by atoms with E-state index in [0.29, 0.717) is 18.7 Å². The molecule has 0 bridgehead atoms. The summed E-state index contributed by atoms with van der Waals surface area (Å²) in [4.78, 5) is 16.1. The molecule has 0 radical (unpaired) electrons. The van der Waals surface area contributed by atoms with Crippen molar-refractivity contribution < 1.29 is 18.3 Å². The number of Topliss-reactive ketones (excluding diaryl/α,β-unsaturated/α-hetero) is 1. The van der Waals surface area contributed by atoms with Gasteiger partial charge in [0.2, 0.25) is 5.92 Å². The number of aromatic nitrogens is 1. The van der Waals surface area contributed by atoms with E-state index in [2.05, 4.69) is 18.8 Å². The van der Waals surface area contributed by atoms with Crippen LogP contribution in [0.15, 0.2) is 12.3 Å². The van der Waals surface area contributed by atoms with Crippen molar-refractivity contribution in [2.45, 2.75) is 84.9 Å². The van der Waals surface area contributed by atoms with Crippen LogP contribution < -0.4 is 0 Å². The van der Waals surface area contributed by atoms with Gasteiger partial charge >= 0.3 is 0 Å². The number of nitrogens with zero attached hydrogens (tertiary/aromatic N) is 1. The third-order valence-corrected chi connectivity index (χ3v) is 4.57. The average molecular weight is 341 g/mol. The molecule has 5 heteroatoms. The van der Waals surface area contributed by atoms with Crippen LogP contribution in [-0.2, 0) is 16.9 Å². The fourth-order valence-electron chi connectivity index (χ4n) is 2.46. The van der Waals surface area contributed by atoms with Gasteiger partial charge < -0.3 is 4.74 Å². The van der Waals surface area contributed by atoms with E-state index >= 15 is 0 Å². The van der Waals surface area contributed by atoms with Gasteiger partial charge in [-0.2, -0.15) is 0 Å². The van der Waals surface area contributed by atoms with Gasteiger partial charge in [-0.25, -0.2) is 8.78 Å². The van der Waals surface area contributed by atoms with E-state index in [1.54, 1.807) is 6.20 Å². The quantitative estimate of drug-likeness (QED) is 0.627. The van der Waals surface area contributed by atoms with Crippen molar-refractivity contribution in [2.75, 3.05) is 0 Å². The van der Waals surface area contributed by atoms with Crippen LogP contribution in [0.2, 0.25) is 0 Å². The Morgan fingerprint density at radius 1 is 1.29 bits per heavy atom. The molecule has 0 fully saturated rings. The number of rotatable bonds is 6. The lowest BCUT2D eigenvalue weighted by Gasteiger charge is -2.22. The first kappa shape index (κ1) is 20.7. The van der Waals surface area contributed by atoms with Crippen LogP contribution in [0.3, 0.4) is 0 Å². The van der Waals surface area contributed by atoms with E-state index in [4.69, 9.17) is 4.74 Å². The first-order valence-corrected chi connectivity index (χ1v) is 8.77. The zero-order chi connectivity index (χ0) is 18.4. The summed E-state index contributed by atoms with van der Waals surface area (Å²) in [5, 5.41) is 0. The number of alkyl halides is 2. The molecule has 1 aliphatic heterocycles. The third kappa shape index (κ3) is 5.07. The minimum Gasteiger partial charge on any atom is -0.366 e. The summed E-state index contributed by atoms with van der Waals surface area (Å²) in [6.07, 6.45) is 4.05. The molecule has 0 aliphatic carbocycles. The molecule has 0 aromatic carbocycles. The Morgan fingerprint density at radius 2 is 1.92 bits per heavy atom. The Kier molecular flexibility index (Phi) is 7.46. The van der Waals surface area contributed by atoms with Crippen LogP contribution in [0.5, 0.6) is 0 Å². The second kappa shape index (κ2) is 8.65. The summed E-state index contributed by atoms with van der Waals surface area (Å²) in [5.41, 5.74) is 2.58. The lowest BCUT2D eigenvalue weighted by Crippen LogP contribution is -2.19. The number of ether oxygens (including phenoxy) is 1. The van der Waals surface area contributed by atoms with E-state index in [0.717, 1.165) is 24.0 Å². The van der Waals surface area contributed by atoms with E-state index in [-0.39, 0.29) is 24.2 Å². The van der Waals surface area contributed by atoms with Crippen molar-refractivity contribution >= 4 is 5.78 Å². The smallest absolute Gasteiger partial charge is 0.247 e. The van der Waals surface area contributed by atoms with Crippen molar-refractivity contribution in [3.05, 3.63) is 29.1 Å². The zero-order valence-corrected chi connectivity index (χ0v) is 15.4. The number of carbonyl (C=O) groups is 1. The average Bonchev–Trinajstić information content (AvgIpc) is 2.93. The van der Waals surface area contributed by atoms with Crippen molar-refractivity contribution in [3.63, 3.8) is 0 Å². The number of hydrogen-bond acceptors (Lipinski definition) is 3. The minimum atomic E-state index is -2.42. The third-order valence-electron chi connectivity index (χ3n) is 4.57. The number of carbonyl (C=O) groups excluding carboxylic acids is 1. The molecule has 1 aliphatic rings. The molecule has 1 atom stereocenters. The number of pyridine rings is 1. The van der Waals surface area contributed by atoms with Crippen molar-refractivity contribution in [2.24, 2.45) is 0 Å². The maximum Gasteiger partial charge on any atom is 0.247 e. The molecule has 1 unspecified atom stereocenters. The molecule has 0 amide bonds. The largest absolute Gasteiger partial charge is 0.366 e. The molecule has 0 saturated heterocycles. The summed E-state index contributed by atoms with van der Waals surface area (Å²) < 4.78 is 29.6. The molecule has 3 nitrogen and oxygen atoms in total. The second-order valence-electron chi connectivity index (χ2n) is 6.34. The molecular formula is C19H29F2NO2. The Labute approximate surface area is 143 Å². The first-order chi connectivity index (χ1) is 11.2. The van der Waals surface area contributed by atoms with Crippen LogP contribution in [-0.4, -0.2) is 16.7 Å². The number of fused-ring (bicyclic) bond motifs is 1. The zero-order valence-electron chi connectivity index (χ0n) is 15.4. The highest BCUT2D eigenvalue weighted by Crippen LogP contribution is 2.38. The predicted octanol–water partition coefficient (Wildman–Crippen LogP) is 5.66. The minimum absolute atomic E-state index is 0.0382. The molecule has 2 heterocycles. The summed E-state index contributed by atoms with van der Waals surface area (Å²) in [5.74, 6) is -2.29. The van der Waals surface area contributed by atoms with Crippen LogP contribution >= 0.6 is 0 Å². The van der Waals surface area contributed by atoms with Crippen molar-refractivity contribution in [3.8, 4) is 0 Å². The lowest BCUT2D eigenvalue weighted by atomic mass is 9.92. The maximum atomic E-state index is 11.9. The van der Waals surface area contributed by atoms with Gasteiger partial charge in [0, 0.05) is 31.0 Å². The van der Waals surface area contributed by atoms with Crippen LogP contribution in [0.1, 0.15) is 88.3 Å². The summed E-state index contributed by atoms with van der Waals surface area (Å²) in [6, 6.07) is 1.92. The van der Waals surface area contributed by atoms with E-state index < -0.39 is 5.92 Å². The standard InChI is InChI=1S/C14H19NO2.C5H10F2/c1-4-6-13(16)12-7-11-10(8-15-12)9-17-14(11,3)5-2;1-3-5(6,7)4-2/h7-8H,4-6,9H2,1-3H3;3-4H2,1-2H3. The van der Waals surface area contributed by atoms with E-state index in [1.807, 2.05) is 13.0 Å². The highest BCUT2D eigenvalue weighted by Gasteiger charge is 2.34. The van der Waals surface area contributed by atoms with Gasteiger partial charge in [0.15, 0.2) is 5.78 Å². The van der Waals surface area contributed by atoms with Gasteiger partial charge in [-0.05, 0) is 31.4 Å². The van der Waals surface area contributed by atoms with Gasteiger partial charge in [-0.3, -0.25) is 9.78 Å². The van der Waals surface area contributed by atoms with Gasteiger partial charge in [0.1, 0.15) is 5.69 Å². The molecule has 0 saturated carbocycles. The topological polar surface area (TPSA) is 39.2 Å². The Morgan fingerprint density at radius 3 is 2.38 bits per heavy atom. The van der Waals surface area contributed by atoms with Gasteiger partial charge in [-0.15, -0.1) is 0 Å². The molecule has 1 aromatic rings. The van der Waals surface area contributed by atoms with Gasteiger partial charge in [-0.1, -0.05) is 27.7 Å². The Balaban J connectivity index is 0.000000351. The van der Waals surface area contributed by atoms with Crippen LogP contribution in [0.4, 0.5) is 8.78 Å². The molecular weight excluding hydrogens is 312 g/mol. The number of halogens is 2. The van der Waals surface area contributed by atoms with Gasteiger partial charge in [0.25, 0.3) is 0 Å². The molecule has 136 valence electrons. The molecule has 24 heavy (non-hydrogen) atoms. The Hall–Kier alpha value is -1.36. The normalized spacial score (nSPS) is 19.5. The summed E-state index contributed by atoms with van der Waals surface area (Å²) in [7, 11) is 0. The van der Waals surface area contributed by atoms with Crippen molar-refractivity contribution in [1.29, 1.82) is 0 Å². The first-order valence-electron chi connectivity index (χ1n) is 8.77. The predicted molar refractivity (Wildman–Crippen MR) is 91.4 cm³/mol. The fraction of sp³-hybridized carbons (Fsp3) is 0.684. The molecule has 1 aromatic heterocycles. The van der Waals surface area contributed by atoms with E-state index in [9.17, 15) is 13.6 Å². The summed E-state index contributed by atoms with van der Waals surface area (Å²) >= 11 is 0. The molecule has 0 spiro atoms. The molecule has 0 N–H and O–H groups in total. The van der Waals surface area contributed by atoms with Gasteiger partial charge in [0.05, 0.1) is 12.2 Å². The monoisotopic (exact) mass is 341 g/mol. The van der Waals surface area contributed by atoms with E-state index in [1.165, 1.54) is 13.8 Å². The number of ketones is 1. The highest BCUT2D eigenvalue weighted by atomic mass is 19.3. The van der Waals surface area contributed by atoms with Crippen LogP contribution in [0, 0.1) is 0 Å². The lowest BCUT2D eigenvalue weighted by molar-refractivity contribution is -0.0259. The van der Waals surface area contributed by atoms with Crippen molar-refractivity contribution in [1.82, 2.24) is 4.98 Å². The maximum absolute atomic E-state index is 11.9. The summed E-state index contributed by atoms with van der Waals surface area (Å²) in [6.45, 7) is 9.77. The molecule has 2 rings (SSSR count). The fourth-order valence-corrected chi connectivity index (χ4v) is 2.46.